The maximum atomic E-state index is 11.8. The predicted octanol–water partition coefficient (Wildman–Crippen LogP) is 0.668. The van der Waals surface area contributed by atoms with Gasteiger partial charge < -0.3 is 15.3 Å². The summed E-state index contributed by atoms with van der Waals surface area (Å²) < 4.78 is 0. The van der Waals surface area contributed by atoms with Crippen molar-refractivity contribution in [1.82, 2.24) is 4.90 Å². The monoisotopic (exact) mass is 278 g/mol. The minimum absolute atomic E-state index is 0.0703. The van der Waals surface area contributed by atoms with Gasteiger partial charge >= 0.3 is 11.8 Å². The molecule has 0 heterocycles. The van der Waals surface area contributed by atoms with E-state index in [0.717, 1.165) is 0 Å². The minimum Gasteiger partial charge on any atom is -0.395 e. The molecule has 20 heavy (non-hydrogen) atoms. The second-order valence-corrected chi connectivity index (χ2v) is 4.20. The molecule has 0 aliphatic rings. The lowest BCUT2D eigenvalue weighted by Gasteiger charge is -2.18. The molecule has 0 aromatic heterocycles. The molecular formula is C14H18N2O4. The number of amides is 2. The highest BCUT2D eigenvalue weighted by molar-refractivity contribution is 6.39. The third kappa shape index (κ3) is 4.17. The van der Waals surface area contributed by atoms with Gasteiger partial charge in [0.1, 0.15) is 0 Å². The van der Waals surface area contributed by atoms with Gasteiger partial charge in [-0.25, -0.2) is 0 Å². The topological polar surface area (TPSA) is 86.7 Å². The number of rotatable bonds is 5. The molecule has 0 aliphatic carbocycles. The molecule has 1 aromatic carbocycles. The molecule has 1 aromatic rings. The van der Waals surface area contributed by atoms with Gasteiger partial charge in [0.15, 0.2) is 5.78 Å². The lowest BCUT2D eigenvalue weighted by molar-refractivity contribution is -0.143. The Kier molecular flexibility index (Phi) is 5.86. The zero-order valence-electron chi connectivity index (χ0n) is 11.5. The van der Waals surface area contributed by atoms with Crippen LogP contribution in [0.15, 0.2) is 24.3 Å². The smallest absolute Gasteiger partial charge is 0.313 e. The van der Waals surface area contributed by atoms with E-state index in [0.29, 0.717) is 17.8 Å². The number of carbonyl (C=O) groups excluding carboxylic acids is 3. The van der Waals surface area contributed by atoms with Gasteiger partial charge in [-0.3, -0.25) is 14.4 Å². The van der Waals surface area contributed by atoms with Crippen molar-refractivity contribution in [2.24, 2.45) is 0 Å². The molecule has 0 radical (unpaired) electrons. The zero-order chi connectivity index (χ0) is 15.1. The second-order valence-electron chi connectivity index (χ2n) is 4.20. The molecule has 0 spiro atoms. The molecule has 0 saturated heterocycles. The molecular weight excluding hydrogens is 260 g/mol. The van der Waals surface area contributed by atoms with Crippen molar-refractivity contribution in [2.45, 2.75) is 13.8 Å². The highest BCUT2D eigenvalue weighted by Crippen LogP contribution is 2.10. The third-order valence-corrected chi connectivity index (χ3v) is 2.78. The van der Waals surface area contributed by atoms with E-state index in [-0.39, 0.29) is 18.9 Å². The van der Waals surface area contributed by atoms with Crippen LogP contribution in [0.3, 0.4) is 0 Å². The van der Waals surface area contributed by atoms with Gasteiger partial charge in [-0.2, -0.15) is 0 Å². The highest BCUT2D eigenvalue weighted by Gasteiger charge is 2.20. The maximum Gasteiger partial charge on any atom is 0.313 e. The molecule has 6 heteroatoms. The number of aliphatic hydroxyl groups is 1. The predicted molar refractivity (Wildman–Crippen MR) is 74.4 cm³/mol. The normalized spacial score (nSPS) is 9.95. The van der Waals surface area contributed by atoms with Crippen molar-refractivity contribution in [3.63, 3.8) is 0 Å². The Hall–Kier alpha value is -2.21. The molecule has 2 amide bonds. The van der Waals surface area contributed by atoms with E-state index in [4.69, 9.17) is 5.11 Å². The molecule has 1 rings (SSSR count). The molecule has 0 fully saturated rings. The number of ketones is 1. The van der Waals surface area contributed by atoms with Crippen LogP contribution in [-0.4, -0.2) is 47.3 Å². The van der Waals surface area contributed by atoms with E-state index in [1.165, 1.54) is 11.8 Å². The van der Waals surface area contributed by atoms with Crippen LogP contribution in [0.2, 0.25) is 0 Å². The van der Waals surface area contributed by atoms with E-state index in [1.54, 1.807) is 31.2 Å². The summed E-state index contributed by atoms with van der Waals surface area (Å²) in [5.74, 6) is -1.54. The summed E-state index contributed by atoms with van der Waals surface area (Å²) in [6.45, 7) is 3.44. The van der Waals surface area contributed by atoms with E-state index >= 15 is 0 Å². The number of Topliss-reactive ketones (excluding diaryl/α,β-unsaturated/α-hetero) is 1. The first-order valence-electron chi connectivity index (χ1n) is 6.31. The Balaban J connectivity index is 2.70. The molecule has 0 aliphatic heterocycles. The van der Waals surface area contributed by atoms with Crippen molar-refractivity contribution in [3.8, 4) is 0 Å². The van der Waals surface area contributed by atoms with Crippen molar-refractivity contribution in [1.29, 1.82) is 0 Å². The van der Waals surface area contributed by atoms with Crippen molar-refractivity contribution in [3.05, 3.63) is 29.8 Å². The maximum absolute atomic E-state index is 11.8. The largest absolute Gasteiger partial charge is 0.395 e. The highest BCUT2D eigenvalue weighted by atomic mass is 16.3. The fraction of sp³-hybridized carbons (Fsp3) is 0.357. The molecule has 0 saturated carbocycles. The van der Waals surface area contributed by atoms with Crippen molar-refractivity contribution < 1.29 is 19.5 Å². The second kappa shape index (κ2) is 7.40. The quantitative estimate of drug-likeness (QED) is 0.612. The minimum atomic E-state index is -0.768. The van der Waals surface area contributed by atoms with Crippen molar-refractivity contribution in [2.75, 3.05) is 25.0 Å². The molecule has 0 bridgehead atoms. The summed E-state index contributed by atoms with van der Waals surface area (Å²) in [7, 11) is 0. The van der Waals surface area contributed by atoms with E-state index in [9.17, 15) is 14.4 Å². The number of nitrogens with zero attached hydrogens (tertiary/aromatic N) is 1. The van der Waals surface area contributed by atoms with Crippen LogP contribution in [-0.2, 0) is 9.59 Å². The van der Waals surface area contributed by atoms with Crippen LogP contribution in [0.4, 0.5) is 5.69 Å². The van der Waals surface area contributed by atoms with Crippen LogP contribution in [0.1, 0.15) is 24.2 Å². The number of aliphatic hydroxyl groups excluding tert-OH is 1. The Labute approximate surface area is 117 Å². The van der Waals surface area contributed by atoms with Crippen LogP contribution in [0.25, 0.3) is 0 Å². The summed E-state index contributed by atoms with van der Waals surface area (Å²) in [5, 5.41) is 11.3. The Morgan fingerprint density at radius 2 is 1.80 bits per heavy atom. The standard InChI is InChI=1S/C14H18N2O4/c1-3-16(8-9-17)14(20)13(19)15-12-6-4-11(5-7-12)10(2)18/h4-7,17H,3,8-9H2,1-2H3,(H,15,19). The summed E-state index contributed by atoms with van der Waals surface area (Å²) in [4.78, 5) is 35.9. The lowest BCUT2D eigenvalue weighted by atomic mass is 10.1. The number of hydrogen-bond acceptors (Lipinski definition) is 4. The third-order valence-electron chi connectivity index (χ3n) is 2.78. The van der Waals surface area contributed by atoms with E-state index in [2.05, 4.69) is 5.32 Å². The van der Waals surface area contributed by atoms with E-state index in [1.807, 2.05) is 0 Å². The van der Waals surface area contributed by atoms with Crippen LogP contribution >= 0.6 is 0 Å². The molecule has 0 unspecified atom stereocenters. The summed E-state index contributed by atoms with van der Waals surface area (Å²) in [6, 6.07) is 6.27. The van der Waals surface area contributed by atoms with Gasteiger partial charge in [0.2, 0.25) is 0 Å². The summed E-state index contributed by atoms with van der Waals surface area (Å²) in [6.07, 6.45) is 0. The SMILES string of the molecule is CCN(CCO)C(=O)C(=O)Nc1ccc(C(C)=O)cc1. The van der Waals surface area contributed by atoms with Gasteiger partial charge in [-0.05, 0) is 38.1 Å². The first-order chi connectivity index (χ1) is 9.49. The number of carbonyl (C=O) groups is 3. The first kappa shape index (κ1) is 15.8. The zero-order valence-corrected chi connectivity index (χ0v) is 11.5. The van der Waals surface area contributed by atoms with E-state index < -0.39 is 11.8 Å². The Morgan fingerprint density at radius 1 is 1.20 bits per heavy atom. The van der Waals surface area contributed by atoms with Gasteiger partial charge in [-0.15, -0.1) is 0 Å². The fourth-order valence-electron chi connectivity index (χ4n) is 1.64. The van der Waals surface area contributed by atoms with Crippen LogP contribution < -0.4 is 5.32 Å². The number of nitrogens with one attached hydrogen (secondary N) is 1. The molecule has 2 N–H and O–H groups in total. The summed E-state index contributed by atoms with van der Waals surface area (Å²) in [5.41, 5.74) is 0.971. The molecule has 6 nitrogen and oxygen atoms in total. The average Bonchev–Trinajstić information content (AvgIpc) is 2.44. The number of hydrogen-bond donors (Lipinski definition) is 2. The van der Waals surface area contributed by atoms with Crippen LogP contribution in [0.5, 0.6) is 0 Å². The van der Waals surface area contributed by atoms with Crippen molar-refractivity contribution >= 4 is 23.3 Å². The van der Waals surface area contributed by atoms with Crippen LogP contribution in [0, 0.1) is 0 Å². The van der Waals surface area contributed by atoms with Gasteiger partial charge in [0.05, 0.1) is 6.61 Å². The Morgan fingerprint density at radius 3 is 2.25 bits per heavy atom. The Bertz CT molecular complexity index is 496. The molecule has 0 atom stereocenters. The number of likely N-dealkylation sites (N-methyl/N-ethyl adjacent to an activating group) is 1. The fourth-order valence-corrected chi connectivity index (χ4v) is 1.64. The lowest BCUT2D eigenvalue weighted by Crippen LogP contribution is -2.41. The number of benzene rings is 1. The van der Waals surface area contributed by atoms with Gasteiger partial charge in [-0.1, -0.05) is 0 Å². The average molecular weight is 278 g/mol. The van der Waals surface area contributed by atoms with Gasteiger partial charge in [0.25, 0.3) is 0 Å². The molecule has 108 valence electrons. The first-order valence-corrected chi connectivity index (χ1v) is 6.31. The summed E-state index contributed by atoms with van der Waals surface area (Å²) >= 11 is 0. The number of anilines is 1. The van der Waals surface area contributed by atoms with Gasteiger partial charge in [0, 0.05) is 24.3 Å².